The van der Waals surface area contributed by atoms with E-state index < -0.39 is 5.41 Å². The predicted molar refractivity (Wildman–Crippen MR) is 126 cm³/mol. The lowest BCUT2D eigenvalue weighted by atomic mass is 9.79. The van der Waals surface area contributed by atoms with E-state index in [0.717, 1.165) is 41.3 Å². The summed E-state index contributed by atoms with van der Waals surface area (Å²) in [4.78, 5) is 25.0. The minimum absolute atomic E-state index is 0.0683. The maximum Gasteiger partial charge on any atom is 0.237 e. The first kappa shape index (κ1) is 21.9. The Labute approximate surface area is 188 Å². The van der Waals surface area contributed by atoms with E-state index in [1.165, 1.54) is 0 Å². The number of para-hydroxylation sites is 1. The fourth-order valence-corrected chi connectivity index (χ4v) is 4.10. The van der Waals surface area contributed by atoms with Gasteiger partial charge in [-0.3, -0.25) is 14.7 Å². The zero-order valence-corrected chi connectivity index (χ0v) is 18.8. The molecular formula is C25H29N5O2. The fraction of sp³-hybridized carbons (Fsp3) is 0.320. The van der Waals surface area contributed by atoms with Gasteiger partial charge in [0.15, 0.2) is 0 Å². The smallest absolute Gasteiger partial charge is 0.237 e. The highest BCUT2D eigenvalue weighted by Crippen LogP contribution is 2.35. The number of nitrogens with one attached hydrogen (secondary N) is 2. The molecule has 0 aliphatic carbocycles. The molecule has 166 valence electrons. The average molecular weight is 432 g/mol. The molecule has 1 amide bonds. The van der Waals surface area contributed by atoms with Gasteiger partial charge in [-0.15, -0.1) is 0 Å². The normalized spacial score (nSPS) is 18.1. The maximum absolute atomic E-state index is 13.7. The highest BCUT2D eigenvalue weighted by molar-refractivity contribution is 5.99. The average Bonchev–Trinajstić information content (AvgIpc) is 2.80. The molecule has 2 N–H and O–H groups in total. The molecule has 0 spiro atoms. The molecule has 1 unspecified atom stereocenters. The molecule has 3 aromatic rings. The molecule has 0 radical (unpaired) electrons. The van der Waals surface area contributed by atoms with E-state index in [1.54, 1.807) is 19.5 Å². The van der Waals surface area contributed by atoms with Gasteiger partial charge in [0.1, 0.15) is 11.2 Å². The van der Waals surface area contributed by atoms with Crippen molar-refractivity contribution in [2.45, 2.75) is 25.8 Å². The lowest BCUT2D eigenvalue weighted by molar-refractivity contribution is -0.122. The Kier molecular flexibility index (Phi) is 6.48. The van der Waals surface area contributed by atoms with Gasteiger partial charge in [-0.2, -0.15) is 0 Å². The van der Waals surface area contributed by atoms with Crippen LogP contribution in [0.25, 0.3) is 0 Å². The van der Waals surface area contributed by atoms with Crippen molar-refractivity contribution in [2.75, 3.05) is 37.4 Å². The Morgan fingerprint density at radius 3 is 2.78 bits per heavy atom. The third-order valence-corrected chi connectivity index (χ3v) is 5.88. The number of hydrogen-bond donors (Lipinski definition) is 2. The molecule has 0 fully saturated rings. The third kappa shape index (κ3) is 4.64. The summed E-state index contributed by atoms with van der Waals surface area (Å²) in [5.74, 6) is 0.623. The minimum Gasteiger partial charge on any atom is -0.383 e. The van der Waals surface area contributed by atoms with Crippen molar-refractivity contribution < 1.29 is 9.53 Å². The molecule has 3 heterocycles. The lowest BCUT2D eigenvalue weighted by Crippen LogP contribution is -2.52. The summed E-state index contributed by atoms with van der Waals surface area (Å²) in [6.45, 7) is 6.61. The number of benzene rings is 1. The van der Waals surface area contributed by atoms with Crippen molar-refractivity contribution in [2.24, 2.45) is 0 Å². The third-order valence-electron chi connectivity index (χ3n) is 5.88. The Bertz CT molecular complexity index is 1090. The highest BCUT2D eigenvalue weighted by Gasteiger charge is 2.43. The molecule has 2 aromatic heterocycles. The van der Waals surface area contributed by atoms with Crippen LogP contribution in [-0.2, 0) is 21.5 Å². The first-order valence-corrected chi connectivity index (χ1v) is 10.8. The standard InChI is InChI=1S/C25H29N5O2/c1-18-7-4-5-9-21(18)28-24(31)25(2)17-30(13-14-32-3)16-19-10-11-22(29-23(19)25)27-20-8-6-12-26-15-20/h4-12,15H,13-14,16-17H2,1-3H3,(H,27,29)(H,28,31). The van der Waals surface area contributed by atoms with E-state index in [-0.39, 0.29) is 5.91 Å². The summed E-state index contributed by atoms with van der Waals surface area (Å²) in [6.07, 6.45) is 3.48. The van der Waals surface area contributed by atoms with Gasteiger partial charge in [-0.1, -0.05) is 24.3 Å². The number of carbonyl (C=O) groups excluding carboxylic acids is 1. The van der Waals surface area contributed by atoms with Crippen molar-refractivity contribution in [1.82, 2.24) is 14.9 Å². The van der Waals surface area contributed by atoms with E-state index in [9.17, 15) is 4.79 Å². The van der Waals surface area contributed by atoms with Crippen LogP contribution in [0.5, 0.6) is 0 Å². The van der Waals surface area contributed by atoms with E-state index >= 15 is 0 Å². The van der Waals surface area contributed by atoms with Crippen LogP contribution in [0.2, 0.25) is 0 Å². The zero-order chi connectivity index (χ0) is 22.6. The number of anilines is 3. The molecule has 1 atom stereocenters. The second-order valence-corrected chi connectivity index (χ2v) is 8.38. The van der Waals surface area contributed by atoms with Gasteiger partial charge in [0.2, 0.25) is 5.91 Å². The van der Waals surface area contributed by atoms with Crippen molar-refractivity contribution >= 4 is 23.1 Å². The zero-order valence-electron chi connectivity index (χ0n) is 18.8. The largest absolute Gasteiger partial charge is 0.383 e. The van der Waals surface area contributed by atoms with E-state index in [0.29, 0.717) is 19.0 Å². The Morgan fingerprint density at radius 2 is 2.03 bits per heavy atom. The van der Waals surface area contributed by atoms with E-state index in [1.807, 2.05) is 56.3 Å². The number of nitrogens with zero attached hydrogens (tertiary/aromatic N) is 3. The summed E-state index contributed by atoms with van der Waals surface area (Å²) >= 11 is 0. The number of rotatable bonds is 7. The Hall–Kier alpha value is -3.29. The van der Waals surface area contributed by atoms with Gasteiger partial charge in [0.05, 0.1) is 24.2 Å². The first-order chi connectivity index (χ1) is 15.5. The molecule has 1 aliphatic heterocycles. The summed E-state index contributed by atoms with van der Waals surface area (Å²) < 4.78 is 5.28. The molecule has 1 aliphatic rings. The van der Waals surface area contributed by atoms with Crippen LogP contribution in [-0.4, -0.2) is 47.6 Å². The molecule has 0 saturated carbocycles. The van der Waals surface area contributed by atoms with Gasteiger partial charge < -0.3 is 15.4 Å². The number of amides is 1. The number of fused-ring (bicyclic) bond motifs is 1. The Morgan fingerprint density at radius 1 is 1.19 bits per heavy atom. The molecule has 4 rings (SSSR count). The van der Waals surface area contributed by atoms with Crippen LogP contribution in [0.3, 0.4) is 0 Å². The van der Waals surface area contributed by atoms with E-state index in [4.69, 9.17) is 9.72 Å². The number of methoxy groups -OCH3 is 1. The quantitative estimate of drug-likeness (QED) is 0.591. The van der Waals surface area contributed by atoms with Crippen LogP contribution in [0.15, 0.2) is 60.9 Å². The van der Waals surface area contributed by atoms with Crippen molar-refractivity contribution in [3.63, 3.8) is 0 Å². The number of ether oxygens (including phenoxy) is 1. The number of hydrogen-bond acceptors (Lipinski definition) is 6. The van der Waals surface area contributed by atoms with Crippen LogP contribution in [0.1, 0.15) is 23.7 Å². The SMILES string of the molecule is COCCN1Cc2ccc(Nc3cccnc3)nc2C(C)(C(=O)Nc2ccccc2C)C1. The van der Waals surface area contributed by atoms with Gasteiger partial charge in [0, 0.05) is 38.6 Å². The van der Waals surface area contributed by atoms with Crippen molar-refractivity contribution in [1.29, 1.82) is 0 Å². The number of aromatic nitrogens is 2. The molecule has 32 heavy (non-hydrogen) atoms. The second kappa shape index (κ2) is 9.46. The summed E-state index contributed by atoms with van der Waals surface area (Å²) in [5.41, 5.74) is 3.72. The lowest BCUT2D eigenvalue weighted by Gasteiger charge is -2.40. The minimum atomic E-state index is -0.823. The van der Waals surface area contributed by atoms with Gasteiger partial charge in [0.25, 0.3) is 0 Å². The molecular weight excluding hydrogens is 402 g/mol. The van der Waals surface area contributed by atoms with Gasteiger partial charge >= 0.3 is 0 Å². The Balaban J connectivity index is 1.68. The predicted octanol–water partition coefficient (Wildman–Crippen LogP) is 3.89. The maximum atomic E-state index is 13.7. The number of aryl methyl sites for hydroxylation is 1. The summed E-state index contributed by atoms with van der Waals surface area (Å²) in [5, 5.41) is 6.44. The van der Waals surface area contributed by atoms with Crippen molar-refractivity contribution in [3.8, 4) is 0 Å². The molecule has 7 nitrogen and oxygen atoms in total. The monoisotopic (exact) mass is 431 g/mol. The number of pyridine rings is 2. The number of carbonyl (C=O) groups is 1. The summed E-state index contributed by atoms with van der Waals surface area (Å²) in [6, 6.07) is 15.6. The summed E-state index contributed by atoms with van der Waals surface area (Å²) in [7, 11) is 1.69. The molecule has 0 bridgehead atoms. The van der Waals surface area contributed by atoms with Crippen molar-refractivity contribution in [3.05, 3.63) is 77.7 Å². The van der Waals surface area contributed by atoms with Gasteiger partial charge in [-0.25, -0.2) is 4.98 Å². The first-order valence-electron chi connectivity index (χ1n) is 10.8. The molecule has 7 heteroatoms. The van der Waals surface area contributed by atoms with E-state index in [2.05, 4.69) is 26.6 Å². The van der Waals surface area contributed by atoms with Crippen LogP contribution < -0.4 is 10.6 Å². The molecule has 0 saturated heterocycles. The van der Waals surface area contributed by atoms with Gasteiger partial charge in [-0.05, 0) is 49.2 Å². The highest BCUT2D eigenvalue weighted by atomic mass is 16.5. The topological polar surface area (TPSA) is 79.4 Å². The second-order valence-electron chi connectivity index (χ2n) is 8.38. The fourth-order valence-electron chi connectivity index (χ4n) is 4.10. The van der Waals surface area contributed by atoms with Crippen LogP contribution in [0, 0.1) is 6.92 Å². The van der Waals surface area contributed by atoms with Crippen LogP contribution >= 0.6 is 0 Å². The molecule has 1 aromatic carbocycles. The van der Waals surface area contributed by atoms with Crippen LogP contribution in [0.4, 0.5) is 17.2 Å².